The van der Waals surface area contributed by atoms with Gasteiger partial charge in [-0.3, -0.25) is 9.59 Å². The normalized spacial score (nSPS) is 13.5. The Labute approximate surface area is 193 Å². The standard InChI is InChI=1S/C27H39N3O2/c1-17(2)24(21-12-14-22(15-13-21)27(6,7)8)29-20(5)26(32)28-16-23(31)30-25-18(3)10-9-11-19(25)4/h9-15,17,20,24,29H,16H2,1-8H3,(H,28,32)(H,30,31)/p+1/t20-,24+/m0/s1. The number of nitrogens with two attached hydrogens (primary N) is 1. The Morgan fingerprint density at radius 1 is 0.938 bits per heavy atom. The zero-order valence-electron chi connectivity index (χ0n) is 20.9. The number of carbonyl (C=O) groups is 2. The highest BCUT2D eigenvalue weighted by atomic mass is 16.2. The average Bonchev–Trinajstić information content (AvgIpc) is 2.72. The Balaban J connectivity index is 1.96. The minimum atomic E-state index is -0.308. The summed E-state index contributed by atoms with van der Waals surface area (Å²) in [4.78, 5) is 25.1. The number of amides is 2. The van der Waals surface area contributed by atoms with Crippen LogP contribution in [0.4, 0.5) is 5.69 Å². The average molecular weight is 439 g/mol. The molecule has 0 aromatic heterocycles. The van der Waals surface area contributed by atoms with Crippen LogP contribution in [0.15, 0.2) is 42.5 Å². The summed E-state index contributed by atoms with van der Waals surface area (Å²) in [5, 5.41) is 7.79. The molecule has 0 aliphatic carbocycles. The van der Waals surface area contributed by atoms with Crippen molar-refractivity contribution in [1.29, 1.82) is 0 Å². The molecule has 0 heterocycles. The lowest BCUT2D eigenvalue weighted by Crippen LogP contribution is -2.93. The third-order valence-electron chi connectivity index (χ3n) is 5.96. The van der Waals surface area contributed by atoms with Gasteiger partial charge in [0.25, 0.3) is 5.91 Å². The van der Waals surface area contributed by atoms with Gasteiger partial charge in [0.15, 0.2) is 6.04 Å². The molecule has 0 fully saturated rings. The van der Waals surface area contributed by atoms with Gasteiger partial charge >= 0.3 is 0 Å². The Morgan fingerprint density at radius 3 is 2.00 bits per heavy atom. The van der Waals surface area contributed by atoms with Gasteiger partial charge in [-0.2, -0.15) is 0 Å². The Kier molecular flexibility index (Phi) is 8.62. The molecule has 0 spiro atoms. The second-order valence-corrected chi connectivity index (χ2v) is 10.2. The van der Waals surface area contributed by atoms with Crippen LogP contribution in [-0.4, -0.2) is 24.4 Å². The summed E-state index contributed by atoms with van der Waals surface area (Å²) in [6.45, 7) is 16.7. The monoisotopic (exact) mass is 438 g/mol. The van der Waals surface area contributed by atoms with Crippen molar-refractivity contribution in [3.8, 4) is 0 Å². The van der Waals surface area contributed by atoms with Crippen LogP contribution in [0.1, 0.15) is 69.8 Å². The summed E-state index contributed by atoms with van der Waals surface area (Å²) in [5.41, 5.74) is 5.43. The summed E-state index contributed by atoms with van der Waals surface area (Å²) in [6, 6.07) is 14.4. The lowest BCUT2D eigenvalue weighted by atomic mass is 9.85. The van der Waals surface area contributed by atoms with Gasteiger partial charge in [0.2, 0.25) is 5.91 Å². The van der Waals surface area contributed by atoms with Gasteiger partial charge in [0, 0.05) is 17.2 Å². The van der Waals surface area contributed by atoms with Gasteiger partial charge in [-0.1, -0.05) is 77.1 Å². The Hall–Kier alpha value is -2.66. The van der Waals surface area contributed by atoms with Gasteiger partial charge in [-0.05, 0) is 42.9 Å². The van der Waals surface area contributed by atoms with E-state index in [1.54, 1.807) is 0 Å². The number of quaternary nitrogens is 1. The molecule has 5 nitrogen and oxygen atoms in total. The fourth-order valence-corrected chi connectivity index (χ4v) is 3.85. The molecular weight excluding hydrogens is 398 g/mol. The molecule has 2 amide bonds. The smallest absolute Gasteiger partial charge is 0.278 e. The molecule has 174 valence electrons. The molecular formula is C27H40N3O2+. The summed E-state index contributed by atoms with van der Waals surface area (Å²) >= 11 is 0. The SMILES string of the molecule is Cc1cccc(C)c1NC(=O)CNC(=O)[C@H](C)[NH2+][C@@H](c1ccc(C(C)(C)C)cc1)C(C)C. The van der Waals surface area contributed by atoms with Crippen molar-refractivity contribution >= 4 is 17.5 Å². The Bertz CT molecular complexity index is 907. The van der Waals surface area contributed by atoms with Crippen LogP contribution in [0.5, 0.6) is 0 Å². The molecule has 0 saturated heterocycles. The number of anilines is 1. The summed E-state index contributed by atoms with van der Waals surface area (Å²) in [5.74, 6) is -0.00203. The van der Waals surface area contributed by atoms with E-state index in [1.807, 2.05) is 39.0 Å². The van der Waals surface area contributed by atoms with Crippen molar-refractivity contribution in [3.63, 3.8) is 0 Å². The van der Waals surface area contributed by atoms with Crippen LogP contribution in [0.3, 0.4) is 0 Å². The number of hydrogen-bond acceptors (Lipinski definition) is 2. The molecule has 0 radical (unpaired) electrons. The maximum absolute atomic E-state index is 12.7. The van der Waals surface area contributed by atoms with Crippen molar-refractivity contribution in [2.75, 3.05) is 11.9 Å². The third kappa shape index (κ3) is 6.92. The molecule has 2 aromatic carbocycles. The van der Waals surface area contributed by atoms with E-state index < -0.39 is 0 Å². The van der Waals surface area contributed by atoms with Crippen molar-refractivity contribution in [2.45, 2.75) is 72.9 Å². The number of hydrogen-bond donors (Lipinski definition) is 3. The number of aryl methyl sites for hydroxylation is 2. The van der Waals surface area contributed by atoms with Crippen molar-refractivity contribution in [3.05, 3.63) is 64.7 Å². The first-order valence-corrected chi connectivity index (χ1v) is 11.5. The molecule has 0 unspecified atom stereocenters. The highest BCUT2D eigenvalue weighted by Crippen LogP contribution is 2.25. The molecule has 0 bridgehead atoms. The second kappa shape index (κ2) is 10.8. The topological polar surface area (TPSA) is 74.8 Å². The summed E-state index contributed by atoms with van der Waals surface area (Å²) < 4.78 is 0. The number of carbonyl (C=O) groups excluding carboxylic acids is 2. The summed E-state index contributed by atoms with van der Waals surface area (Å²) in [7, 11) is 0. The predicted octanol–water partition coefficient (Wildman–Crippen LogP) is 4.00. The van der Waals surface area contributed by atoms with Crippen LogP contribution in [0.25, 0.3) is 0 Å². The number of nitrogens with one attached hydrogen (secondary N) is 2. The first-order chi connectivity index (χ1) is 14.9. The molecule has 2 rings (SSSR count). The minimum absolute atomic E-state index is 0.0442. The lowest BCUT2D eigenvalue weighted by molar-refractivity contribution is -0.719. The molecule has 2 atom stereocenters. The fraction of sp³-hybridized carbons (Fsp3) is 0.481. The maximum atomic E-state index is 12.7. The molecule has 5 heteroatoms. The number of benzene rings is 2. The fourth-order valence-electron chi connectivity index (χ4n) is 3.85. The van der Waals surface area contributed by atoms with Crippen LogP contribution in [-0.2, 0) is 15.0 Å². The minimum Gasteiger partial charge on any atom is -0.342 e. The van der Waals surface area contributed by atoms with E-state index in [2.05, 4.69) is 74.8 Å². The largest absolute Gasteiger partial charge is 0.342 e. The quantitative estimate of drug-likeness (QED) is 0.583. The van der Waals surface area contributed by atoms with E-state index >= 15 is 0 Å². The Morgan fingerprint density at radius 2 is 1.50 bits per heavy atom. The number of para-hydroxylation sites is 1. The first kappa shape index (κ1) is 25.6. The molecule has 32 heavy (non-hydrogen) atoms. The summed E-state index contributed by atoms with van der Waals surface area (Å²) in [6.07, 6.45) is 0. The predicted molar refractivity (Wildman–Crippen MR) is 132 cm³/mol. The van der Waals surface area contributed by atoms with Crippen LogP contribution in [0, 0.1) is 19.8 Å². The maximum Gasteiger partial charge on any atom is 0.278 e. The zero-order chi connectivity index (χ0) is 24.1. The third-order valence-corrected chi connectivity index (χ3v) is 5.96. The van der Waals surface area contributed by atoms with E-state index in [0.717, 1.165) is 16.8 Å². The lowest BCUT2D eigenvalue weighted by Gasteiger charge is -2.25. The molecule has 0 aliphatic rings. The van der Waals surface area contributed by atoms with Gasteiger partial charge < -0.3 is 16.0 Å². The van der Waals surface area contributed by atoms with Crippen molar-refractivity contribution in [2.24, 2.45) is 5.92 Å². The van der Waals surface area contributed by atoms with Gasteiger partial charge in [0.1, 0.15) is 6.04 Å². The molecule has 2 aromatic rings. The van der Waals surface area contributed by atoms with E-state index in [0.29, 0.717) is 5.92 Å². The van der Waals surface area contributed by atoms with Crippen molar-refractivity contribution < 1.29 is 14.9 Å². The van der Waals surface area contributed by atoms with E-state index in [4.69, 9.17) is 0 Å². The van der Waals surface area contributed by atoms with Crippen molar-refractivity contribution in [1.82, 2.24) is 5.32 Å². The van der Waals surface area contributed by atoms with Gasteiger partial charge in [-0.15, -0.1) is 0 Å². The van der Waals surface area contributed by atoms with Crippen LogP contribution < -0.4 is 16.0 Å². The highest BCUT2D eigenvalue weighted by molar-refractivity contribution is 5.96. The molecule has 4 N–H and O–H groups in total. The van der Waals surface area contributed by atoms with Crippen LogP contribution >= 0.6 is 0 Å². The zero-order valence-corrected chi connectivity index (χ0v) is 20.9. The highest BCUT2D eigenvalue weighted by Gasteiger charge is 2.26. The molecule has 0 saturated carbocycles. The van der Waals surface area contributed by atoms with E-state index in [-0.39, 0.29) is 35.9 Å². The number of rotatable bonds is 8. The van der Waals surface area contributed by atoms with Crippen LogP contribution in [0.2, 0.25) is 0 Å². The van der Waals surface area contributed by atoms with E-state index in [9.17, 15) is 9.59 Å². The van der Waals surface area contributed by atoms with E-state index in [1.165, 1.54) is 11.1 Å². The molecule has 0 aliphatic heterocycles. The van der Waals surface area contributed by atoms with Gasteiger partial charge in [-0.25, -0.2) is 0 Å². The second-order valence-electron chi connectivity index (χ2n) is 10.2. The van der Waals surface area contributed by atoms with Gasteiger partial charge in [0.05, 0.1) is 6.54 Å². The first-order valence-electron chi connectivity index (χ1n) is 11.5.